The molecule has 3 amide bonds. The molecule has 0 saturated carbocycles. The molecule has 0 aliphatic carbocycles. The highest BCUT2D eigenvalue weighted by molar-refractivity contribution is 7.17. The van der Waals surface area contributed by atoms with Gasteiger partial charge in [-0.2, -0.15) is 0 Å². The Kier molecular flexibility index (Phi) is 4.56. The van der Waals surface area contributed by atoms with Gasteiger partial charge in [0, 0.05) is 27.2 Å². The second-order valence-corrected chi connectivity index (χ2v) is 10.9. The first-order valence-corrected chi connectivity index (χ1v) is 12.4. The normalized spacial score (nSPS) is 29.6. The van der Waals surface area contributed by atoms with Crippen molar-refractivity contribution in [1.82, 2.24) is 4.90 Å². The monoisotopic (exact) mass is 499 g/mol. The molecule has 1 aromatic heterocycles. The molecule has 0 radical (unpaired) electrons. The van der Waals surface area contributed by atoms with Crippen LogP contribution in [0.5, 0.6) is 0 Å². The lowest BCUT2D eigenvalue weighted by Crippen LogP contribution is -2.54. The van der Waals surface area contributed by atoms with Gasteiger partial charge in [0.25, 0.3) is 0 Å². The number of hydrogen-bond acceptors (Lipinski definition) is 7. The number of thiophene rings is 1. The third kappa shape index (κ3) is 2.42. The van der Waals surface area contributed by atoms with Gasteiger partial charge in [0.15, 0.2) is 0 Å². The van der Waals surface area contributed by atoms with Crippen LogP contribution < -0.4 is 10.2 Å². The number of carbonyl (C=O) groups excluding carboxylic acids is 4. The molecule has 1 aromatic carbocycles. The Morgan fingerprint density at radius 2 is 2.00 bits per heavy atom. The Morgan fingerprint density at radius 1 is 1.24 bits per heavy atom. The highest BCUT2D eigenvalue weighted by atomic mass is 35.5. The van der Waals surface area contributed by atoms with Crippen LogP contribution in [0.2, 0.25) is 5.02 Å². The average Bonchev–Trinajstić information content (AvgIpc) is 3.56. The van der Waals surface area contributed by atoms with E-state index in [0.717, 1.165) is 16.2 Å². The summed E-state index contributed by atoms with van der Waals surface area (Å²) in [6.45, 7) is 4.23. The number of ether oxygens (including phenoxy) is 1. The van der Waals surface area contributed by atoms with Gasteiger partial charge in [-0.05, 0) is 57.0 Å². The van der Waals surface area contributed by atoms with E-state index in [1.54, 1.807) is 25.1 Å². The molecule has 3 fully saturated rings. The molecule has 0 bridgehead atoms. The number of amides is 3. The van der Waals surface area contributed by atoms with Crippen LogP contribution in [0.4, 0.5) is 10.7 Å². The van der Waals surface area contributed by atoms with Crippen molar-refractivity contribution in [3.63, 3.8) is 0 Å². The summed E-state index contributed by atoms with van der Waals surface area (Å²) in [4.78, 5) is 58.4. The summed E-state index contributed by atoms with van der Waals surface area (Å²) in [6, 6.07) is 4.92. The van der Waals surface area contributed by atoms with E-state index in [9.17, 15) is 19.2 Å². The van der Waals surface area contributed by atoms with Crippen molar-refractivity contribution >= 4 is 57.3 Å². The van der Waals surface area contributed by atoms with E-state index in [-0.39, 0.29) is 28.4 Å². The van der Waals surface area contributed by atoms with E-state index in [1.807, 2.05) is 11.8 Å². The maximum absolute atomic E-state index is 14.1. The van der Waals surface area contributed by atoms with Gasteiger partial charge >= 0.3 is 5.97 Å². The number of halogens is 1. The molecule has 3 saturated heterocycles. The standard InChI is InChI=1S/C24H22ClN3O5S/c1-10-11(2)34-21(16(10)22(31)33-3)28-19(29)17-15-5-4-8-27(15)24(18(17)20(28)30)13-9-12(25)6-7-14(13)26-23(24)32/h6-7,9,15,17-18H,4-5,8H2,1-3H3,(H,26,32)/t15-,17+,18+,24+/m1/s1. The number of fused-ring (bicyclic) bond motifs is 7. The fourth-order valence-electron chi connectivity index (χ4n) is 6.48. The van der Waals surface area contributed by atoms with E-state index < -0.39 is 29.3 Å². The Morgan fingerprint density at radius 3 is 2.74 bits per heavy atom. The number of rotatable bonds is 2. The number of hydrogen-bond donors (Lipinski definition) is 1. The van der Waals surface area contributed by atoms with Gasteiger partial charge in [0.2, 0.25) is 17.7 Å². The molecule has 4 aliphatic heterocycles. The summed E-state index contributed by atoms with van der Waals surface area (Å²) in [7, 11) is 1.27. The van der Waals surface area contributed by atoms with Gasteiger partial charge in [-0.1, -0.05) is 11.6 Å². The lowest BCUT2D eigenvalue weighted by atomic mass is 9.75. The molecule has 6 rings (SSSR count). The van der Waals surface area contributed by atoms with E-state index in [4.69, 9.17) is 16.3 Å². The van der Waals surface area contributed by atoms with Gasteiger partial charge < -0.3 is 10.1 Å². The Labute approximate surface area is 204 Å². The molecular weight excluding hydrogens is 478 g/mol. The second kappa shape index (κ2) is 7.13. The molecule has 1 spiro atoms. The molecule has 176 valence electrons. The molecule has 4 aliphatic rings. The van der Waals surface area contributed by atoms with Crippen LogP contribution in [-0.4, -0.2) is 48.3 Å². The number of anilines is 2. The van der Waals surface area contributed by atoms with Crippen LogP contribution in [0.25, 0.3) is 0 Å². The predicted octanol–water partition coefficient (Wildman–Crippen LogP) is 3.24. The van der Waals surface area contributed by atoms with Crippen molar-refractivity contribution in [2.45, 2.75) is 38.3 Å². The van der Waals surface area contributed by atoms with Gasteiger partial charge in [-0.25, -0.2) is 9.69 Å². The number of aryl methyl sites for hydroxylation is 1. The Balaban J connectivity index is 1.56. The van der Waals surface area contributed by atoms with Crippen molar-refractivity contribution in [2.24, 2.45) is 11.8 Å². The zero-order valence-corrected chi connectivity index (χ0v) is 20.4. The maximum Gasteiger partial charge on any atom is 0.341 e. The van der Waals surface area contributed by atoms with Crippen LogP contribution >= 0.6 is 22.9 Å². The van der Waals surface area contributed by atoms with E-state index in [1.165, 1.54) is 18.4 Å². The third-order valence-corrected chi connectivity index (χ3v) is 9.34. The lowest BCUT2D eigenvalue weighted by Gasteiger charge is -2.36. The summed E-state index contributed by atoms with van der Waals surface area (Å²) in [5.74, 6) is -3.31. The minimum Gasteiger partial charge on any atom is -0.465 e. The number of imide groups is 1. The predicted molar refractivity (Wildman–Crippen MR) is 126 cm³/mol. The molecule has 2 aromatic rings. The molecule has 0 unspecified atom stereocenters. The van der Waals surface area contributed by atoms with Gasteiger partial charge in [0.1, 0.15) is 10.5 Å². The topological polar surface area (TPSA) is 96.0 Å². The molecule has 10 heteroatoms. The SMILES string of the molecule is COC(=O)c1c(N2C(=O)[C@H]3[C@H]4CCCN4[C@]4(C(=O)Nc5ccc(Cl)cc54)[C@@H]3C2=O)sc(C)c1C. The fourth-order valence-corrected chi connectivity index (χ4v) is 7.81. The number of carbonyl (C=O) groups is 4. The summed E-state index contributed by atoms with van der Waals surface area (Å²) in [5, 5.41) is 3.66. The van der Waals surface area contributed by atoms with E-state index in [2.05, 4.69) is 5.32 Å². The molecular formula is C24H22ClN3O5S. The van der Waals surface area contributed by atoms with Crippen LogP contribution in [0, 0.1) is 25.7 Å². The first-order chi connectivity index (χ1) is 16.2. The van der Waals surface area contributed by atoms with Crippen molar-refractivity contribution in [1.29, 1.82) is 0 Å². The van der Waals surface area contributed by atoms with Gasteiger partial charge in [0.05, 0.1) is 24.5 Å². The van der Waals surface area contributed by atoms with Crippen LogP contribution in [0.15, 0.2) is 18.2 Å². The molecule has 4 atom stereocenters. The fraction of sp³-hybridized carbons (Fsp3) is 0.417. The van der Waals surface area contributed by atoms with Gasteiger partial charge in [-0.3, -0.25) is 19.3 Å². The van der Waals surface area contributed by atoms with Crippen molar-refractivity contribution < 1.29 is 23.9 Å². The van der Waals surface area contributed by atoms with Crippen molar-refractivity contribution in [3.05, 3.63) is 44.8 Å². The second-order valence-electron chi connectivity index (χ2n) is 9.28. The Bertz CT molecular complexity index is 1320. The molecule has 34 heavy (non-hydrogen) atoms. The maximum atomic E-state index is 14.1. The number of benzene rings is 1. The highest BCUT2D eigenvalue weighted by Crippen LogP contribution is 2.61. The summed E-state index contributed by atoms with van der Waals surface area (Å²) in [5.41, 5.74) is 0.845. The number of nitrogens with zero attached hydrogens (tertiary/aromatic N) is 2. The smallest absolute Gasteiger partial charge is 0.341 e. The number of nitrogens with one attached hydrogen (secondary N) is 1. The zero-order chi connectivity index (χ0) is 24.1. The molecule has 8 nitrogen and oxygen atoms in total. The van der Waals surface area contributed by atoms with Crippen LogP contribution in [-0.2, 0) is 24.7 Å². The number of methoxy groups -OCH3 is 1. The van der Waals surface area contributed by atoms with Crippen molar-refractivity contribution in [3.8, 4) is 0 Å². The van der Waals surface area contributed by atoms with Crippen molar-refractivity contribution in [2.75, 3.05) is 23.9 Å². The van der Waals surface area contributed by atoms with E-state index >= 15 is 0 Å². The highest BCUT2D eigenvalue weighted by Gasteiger charge is 2.75. The Hall–Kier alpha value is -2.75. The van der Waals surface area contributed by atoms with E-state index in [0.29, 0.717) is 34.8 Å². The number of esters is 1. The first kappa shape index (κ1) is 21.8. The lowest BCUT2D eigenvalue weighted by molar-refractivity contribution is -0.135. The van der Waals surface area contributed by atoms with Crippen LogP contribution in [0.3, 0.4) is 0 Å². The summed E-state index contributed by atoms with van der Waals surface area (Å²) in [6.07, 6.45) is 1.54. The summed E-state index contributed by atoms with van der Waals surface area (Å²) < 4.78 is 4.97. The quantitative estimate of drug-likeness (QED) is 0.503. The van der Waals surface area contributed by atoms with Gasteiger partial charge in [-0.15, -0.1) is 11.3 Å². The first-order valence-electron chi connectivity index (χ1n) is 11.2. The zero-order valence-electron chi connectivity index (χ0n) is 18.8. The minimum atomic E-state index is -1.31. The molecule has 5 heterocycles. The average molecular weight is 500 g/mol. The summed E-state index contributed by atoms with van der Waals surface area (Å²) >= 11 is 7.55. The minimum absolute atomic E-state index is 0.225. The molecule has 1 N–H and O–H groups in total. The third-order valence-electron chi connectivity index (χ3n) is 7.91. The largest absolute Gasteiger partial charge is 0.465 e. The van der Waals surface area contributed by atoms with Crippen LogP contribution in [0.1, 0.15) is 39.2 Å².